The van der Waals surface area contributed by atoms with Crippen LogP contribution >= 0.6 is 0 Å². The van der Waals surface area contributed by atoms with Crippen molar-refractivity contribution in [3.05, 3.63) is 29.8 Å². The fourth-order valence-electron chi connectivity index (χ4n) is 2.04. The van der Waals surface area contributed by atoms with Crippen molar-refractivity contribution < 1.29 is 4.79 Å². The Kier molecular flexibility index (Phi) is 1.09. The quantitative estimate of drug-likeness (QED) is 0.563. The second-order valence-corrected chi connectivity index (χ2v) is 3.72. The number of β-lactam (4-membered cyclic amide) rings is 1. The van der Waals surface area contributed by atoms with Gasteiger partial charge in [0.25, 0.3) is 0 Å². The number of nitrogens with one attached hydrogen (secondary N) is 2. The monoisotopic (exact) mass is 174 g/mol. The average molecular weight is 174 g/mol. The van der Waals surface area contributed by atoms with E-state index >= 15 is 0 Å². The van der Waals surface area contributed by atoms with Crippen molar-refractivity contribution in [3.8, 4) is 0 Å². The lowest BCUT2D eigenvalue weighted by molar-refractivity contribution is -0.131. The summed E-state index contributed by atoms with van der Waals surface area (Å²) < 4.78 is 0. The largest absolute Gasteiger partial charge is 0.369 e. The number of benzene rings is 1. The van der Waals surface area contributed by atoms with Gasteiger partial charge in [-0.1, -0.05) is 18.2 Å². The zero-order valence-corrected chi connectivity index (χ0v) is 7.13. The Morgan fingerprint density at radius 1 is 1.31 bits per heavy atom. The highest BCUT2D eigenvalue weighted by Gasteiger charge is 2.49. The van der Waals surface area contributed by atoms with Crippen LogP contribution in [0.5, 0.6) is 0 Å². The Labute approximate surface area is 76.1 Å². The maximum absolute atomic E-state index is 11.3. The van der Waals surface area contributed by atoms with Gasteiger partial charge in [0.05, 0.1) is 6.54 Å². The number of amides is 1. The molecule has 0 aromatic heterocycles. The summed E-state index contributed by atoms with van der Waals surface area (Å²) in [4.78, 5) is 11.3. The molecule has 3 rings (SSSR count). The van der Waals surface area contributed by atoms with Gasteiger partial charge in [-0.15, -0.1) is 0 Å². The molecule has 1 spiro atoms. The van der Waals surface area contributed by atoms with Crippen molar-refractivity contribution in [3.63, 3.8) is 0 Å². The van der Waals surface area contributed by atoms with Crippen molar-refractivity contribution in [2.45, 2.75) is 12.0 Å². The number of rotatable bonds is 0. The van der Waals surface area contributed by atoms with Crippen LogP contribution < -0.4 is 10.6 Å². The molecule has 2 heterocycles. The molecule has 0 saturated carbocycles. The lowest BCUT2D eigenvalue weighted by Crippen LogP contribution is -2.68. The molecule has 2 aliphatic rings. The second-order valence-electron chi connectivity index (χ2n) is 3.72. The first kappa shape index (κ1) is 6.95. The van der Waals surface area contributed by atoms with Gasteiger partial charge in [0.15, 0.2) is 0 Å². The number of anilines is 1. The first-order valence-corrected chi connectivity index (χ1v) is 4.45. The van der Waals surface area contributed by atoms with Crippen molar-refractivity contribution in [2.75, 3.05) is 11.9 Å². The van der Waals surface area contributed by atoms with E-state index in [0.717, 1.165) is 18.7 Å². The Morgan fingerprint density at radius 3 is 2.77 bits per heavy atom. The lowest BCUT2D eigenvalue weighted by atomic mass is 9.88. The normalized spacial score (nSPS) is 29.1. The van der Waals surface area contributed by atoms with E-state index in [9.17, 15) is 4.79 Å². The molecule has 0 radical (unpaired) electrons. The van der Waals surface area contributed by atoms with Gasteiger partial charge in [0.1, 0.15) is 5.54 Å². The van der Waals surface area contributed by atoms with Crippen LogP contribution in [0.15, 0.2) is 24.3 Å². The molecule has 1 amide bonds. The summed E-state index contributed by atoms with van der Waals surface area (Å²) in [7, 11) is 0. The summed E-state index contributed by atoms with van der Waals surface area (Å²) in [5.41, 5.74) is 2.04. The molecule has 2 N–H and O–H groups in total. The highest BCUT2D eigenvalue weighted by atomic mass is 16.2. The molecule has 1 unspecified atom stereocenters. The highest BCUT2D eigenvalue weighted by molar-refractivity contribution is 5.97. The van der Waals surface area contributed by atoms with Gasteiger partial charge >= 0.3 is 0 Å². The van der Waals surface area contributed by atoms with E-state index in [1.54, 1.807) is 0 Å². The SMILES string of the molecule is O=C1NCC12Cc1ccccc1N2. The number of carbonyl (C=O) groups excluding carboxylic acids is 1. The number of carbonyl (C=O) groups is 1. The van der Waals surface area contributed by atoms with Crippen molar-refractivity contribution in [1.82, 2.24) is 5.32 Å². The van der Waals surface area contributed by atoms with Gasteiger partial charge in [-0.3, -0.25) is 4.79 Å². The van der Waals surface area contributed by atoms with Crippen LogP contribution in [0.1, 0.15) is 5.56 Å². The fourth-order valence-corrected chi connectivity index (χ4v) is 2.04. The van der Waals surface area contributed by atoms with Gasteiger partial charge in [-0.05, 0) is 11.6 Å². The van der Waals surface area contributed by atoms with E-state index in [0.29, 0.717) is 0 Å². The molecule has 1 aromatic rings. The molecule has 2 aliphatic heterocycles. The molecule has 1 fully saturated rings. The predicted octanol–water partition coefficient (Wildman–Crippen LogP) is 0.523. The van der Waals surface area contributed by atoms with E-state index in [2.05, 4.69) is 16.7 Å². The van der Waals surface area contributed by atoms with Crippen LogP contribution in [0.4, 0.5) is 5.69 Å². The summed E-state index contributed by atoms with van der Waals surface area (Å²) >= 11 is 0. The van der Waals surface area contributed by atoms with Crippen molar-refractivity contribution in [1.29, 1.82) is 0 Å². The van der Waals surface area contributed by atoms with Crippen LogP contribution in [0.3, 0.4) is 0 Å². The Bertz CT molecular complexity index is 361. The van der Waals surface area contributed by atoms with Crippen LogP contribution in [0, 0.1) is 0 Å². The third-order valence-corrected chi connectivity index (χ3v) is 2.87. The van der Waals surface area contributed by atoms with Crippen molar-refractivity contribution in [2.24, 2.45) is 0 Å². The predicted molar refractivity (Wildman–Crippen MR) is 49.5 cm³/mol. The smallest absolute Gasteiger partial charge is 0.247 e. The van der Waals surface area contributed by atoms with Crippen LogP contribution in [-0.4, -0.2) is 18.0 Å². The van der Waals surface area contributed by atoms with Gasteiger partial charge in [0.2, 0.25) is 5.91 Å². The summed E-state index contributed by atoms with van der Waals surface area (Å²) in [5.74, 6) is 0.128. The molecule has 3 nitrogen and oxygen atoms in total. The van der Waals surface area contributed by atoms with Crippen molar-refractivity contribution >= 4 is 11.6 Å². The molecule has 1 aromatic carbocycles. The first-order valence-electron chi connectivity index (χ1n) is 4.45. The Hall–Kier alpha value is -1.51. The van der Waals surface area contributed by atoms with Gasteiger partial charge < -0.3 is 10.6 Å². The minimum atomic E-state index is -0.316. The molecule has 0 aliphatic carbocycles. The maximum atomic E-state index is 11.3. The molecular weight excluding hydrogens is 164 g/mol. The lowest BCUT2D eigenvalue weighted by Gasteiger charge is -2.37. The summed E-state index contributed by atoms with van der Waals surface area (Å²) in [6, 6.07) is 8.09. The number of hydrogen-bond donors (Lipinski definition) is 2. The Morgan fingerprint density at radius 2 is 2.15 bits per heavy atom. The van der Waals surface area contributed by atoms with Crippen LogP contribution in [-0.2, 0) is 11.2 Å². The minimum Gasteiger partial charge on any atom is -0.369 e. The molecule has 0 bridgehead atoms. The number of hydrogen-bond acceptors (Lipinski definition) is 2. The maximum Gasteiger partial charge on any atom is 0.247 e. The molecule has 66 valence electrons. The summed E-state index contributed by atoms with van der Waals surface area (Å²) in [5, 5.41) is 6.06. The highest BCUT2D eigenvalue weighted by Crippen LogP contribution is 2.34. The molecule has 3 heteroatoms. The summed E-state index contributed by atoms with van der Waals surface area (Å²) in [6.07, 6.45) is 0.828. The first-order chi connectivity index (χ1) is 6.30. The zero-order valence-electron chi connectivity index (χ0n) is 7.13. The molecular formula is C10H10N2O. The third kappa shape index (κ3) is 0.763. The van der Waals surface area contributed by atoms with Crippen LogP contribution in [0.25, 0.3) is 0 Å². The zero-order chi connectivity index (χ0) is 8.89. The van der Waals surface area contributed by atoms with E-state index < -0.39 is 0 Å². The van der Waals surface area contributed by atoms with Gasteiger partial charge in [0, 0.05) is 12.1 Å². The fraction of sp³-hybridized carbons (Fsp3) is 0.300. The molecule has 1 atom stereocenters. The molecule has 1 saturated heterocycles. The number of fused-ring (bicyclic) bond motifs is 1. The van der Waals surface area contributed by atoms with Gasteiger partial charge in [-0.2, -0.15) is 0 Å². The number of para-hydroxylation sites is 1. The minimum absolute atomic E-state index is 0.128. The average Bonchev–Trinajstić information content (AvgIpc) is 2.57. The standard InChI is InChI=1S/C10H10N2O/c13-9-10(6-11-9)5-7-3-1-2-4-8(7)12-10/h1-4,12H,5-6H2,(H,11,13). The topological polar surface area (TPSA) is 41.1 Å². The second kappa shape index (κ2) is 2.05. The Balaban J connectivity index is 2.01. The summed E-state index contributed by atoms with van der Waals surface area (Å²) in [6.45, 7) is 0.751. The van der Waals surface area contributed by atoms with E-state index in [-0.39, 0.29) is 11.4 Å². The van der Waals surface area contributed by atoms with Gasteiger partial charge in [-0.25, -0.2) is 0 Å². The van der Waals surface area contributed by atoms with E-state index in [4.69, 9.17) is 0 Å². The third-order valence-electron chi connectivity index (χ3n) is 2.87. The molecule has 13 heavy (non-hydrogen) atoms. The van der Waals surface area contributed by atoms with E-state index in [1.807, 2.05) is 18.2 Å². The van der Waals surface area contributed by atoms with Crippen LogP contribution in [0.2, 0.25) is 0 Å². The van der Waals surface area contributed by atoms with E-state index in [1.165, 1.54) is 5.56 Å².